The second-order valence-corrected chi connectivity index (χ2v) is 7.88. The molecule has 3 aromatic rings. The molecule has 0 aliphatic rings. The molecule has 4 nitrogen and oxygen atoms in total. The molecule has 1 heterocycles. The molecule has 0 fully saturated rings. The lowest BCUT2D eigenvalue weighted by Crippen LogP contribution is -2.21. The maximum atomic E-state index is 12.6. The van der Waals surface area contributed by atoms with Gasteiger partial charge in [-0.05, 0) is 61.0 Å². The highest BCUT2D eigenvalue weighted by Gasteiger charge is 2.18. The maximum Gasteiger partial charge on any atom is 0.285 e. The molecule has 0 radical (unpaired) electrons. The number of carbonyl (C=O) groups excluding carboxylic acids is 1. The minimum absolute atomic E-state index is 0.0702. The average Bonchev–Trinajstić information content (AvgIpc) is 2.91. The summed E-state index contributed by atoms with van der Waals surface area (Å²) in [5.74, 6) is 0.439. The highest BCUT2D eigenvalue weighted by atomic mass is 79.9. The molecule has 3 rings (SSSR count). The predicted octanol–water partition coefficient (Wildman–Crippen LogP) is 5.44. The largest absolute Gasteiger partial charge is 0.483 e. The monoisotopic (exact) mass is 430 g/mol. The van der Waals surface area contributed by atoms with Crippen LogP contribution in [0, 0.1) is 20.8 Å². The molecular formula is C20H19BrN2O2S. The summed E-state index contributed by atoms with van der Waals surface area (Å²) in [5.41, 5.74) is 2.88. The number of para-hydroxylation sites is 1. The summed E-state index contributed by atoms with van der Waals surface area (Å²) in [5, 5.41) is 4.41. The van der Waals surface area contributed by atoms with Crippen molar-refractivity contribution in [1.82, 2.24) is 9.78 Å². The maximum absolute atomic E-state index is 12.6. The van der Waals surface area contributed by atoms with E-state index in [0.717, 1.165) is 25.7 Å². The molecule has 0 bridgehead atoms. The van der Waals surface area contributed by atoms with Crippen molar-refractivity contribution in [1.29, 1.82) is 0 Å². The van der Waals surface area contributed by atoms with E-state index in [1.807, 2.05) is 38.1 Å². The van der Waals surface area contributed by atoms with Gasteiger partial charge in [0.25, 0.3) is 5.91 Å². The van der Waals surface area contributed by atoms with Crippen LogP contribution in [-0.2, 0) is 0 Å². The molecule has 0 unspecified atom stereocenters. The van der Waals surface area contributed by atoms with E-state index in [-0.39, 0.29) is 12.5 Å². The van der Waals surface area contributed by atoms with Gasteiger partial charge in [0, 0.05) is 4.90 Å². The molecule has 1 aromatic heterocycles. The van der Waals surface area contributed by atoms with Gasteiger partial charge in [0.05, 0.1) is 20.8 Å². The number of hydrogen-bond donors (Lipinski definition) is 0. The first-order valence-electron chi connectivity index (χ1n) is 8.17. The number of aryl methyl sites for hydroxylation is 2. The Balaban J connectivity index is 1.75. The quantitative estimate of drug-likeness (QED) is 0.540. The van der Waals surface area contributed by atoms with Crippen LogP contribution in [0.1, 0.15) is 21.7 Å². The van der Waals surface area contributed by atoms with Crippen LogP contribution in [0.3, 0.4) is 0 Å². The van der Waals surface area contributed by atoms with Crippen molar-refractivity contribution >= 4 is 33.6 Å². The van der Waals surface area contributed by atoms with Gasteiger partial charge in [-0.15, -0.1) is 0 Å². The molecule has 0 amide bonds. The molecule has 0 spiro atoms. The minimum Gasteiger partial charge on any atom is -0.483 e. The number of carbonyl (C=O) groups is 1. The van der Waals surface area contributed by atoms with Gasteiger partial charge < -0.3 is 4.74 Å². The molecule has 134 valence electrons. The fourth-order valence-corrected chi connectivity index (χ4v) is 3.84. The molecule has 0 N–H and O–H groups in total. The number of hydrogen-bond acceptors (Lipinski definition) is 4. The number of ether oxygens (including phenoxy) is 1. The highest BCUT2D eigenvalue weighted by Crippen LogP contribution is 2.33. The van der Waals surface area contributed by atoms with Gasteiger partial charge in [-0.25, -0.2) is 4.68 Å². The van der Waals surface area contributed by atoms with Crippen LogP contribution in [0.15, 0.2) is 62.8 Å². The van der Waals surface area contributed by atoms with Crippen LogP contribution < -0.4 is 4.74 Å². The first-order valence-corrected chi connectivity index (χ1v) is 9.78. The Labute approximate surface area is 165 Å². The number of benzene rings is 2. The average molecular weight is 431 g/mol. The van der Waals surface area contributed by atoms with Crippen molar-refractivity contribution in [3.05, 3.63) is 70.0 Å². The van der Waals surface area contributed by atoms with E-state index in [2.05, 4.69) is 52.2 Å². The van der Waals surface area contributed by atoms with Gasteiger partial charge in [-0.2, -0.15) is 5.10 Å². The molecular weight excluding hydrogens is 412 g/mol. The third kappa shape index (κ3) is 4.19. The number of aromatic nitrogens is 2. The van der Waals surface area contributed by atoms with Crippen molar-refractivity contribution in [2.45, 2.75) is 30.6 Å². The Morgan fingerprint density at radius 2 is 1.81 bits per heavy atom. The topological polar surface area (TPSA) is 44.1 Å². The van der Waals surface area contributed by atoms with Gasteiger partial charge in [0.1, 0.15) is 5.75 Å². The molecule has 26 heavy (non-hydrogen) atoms. The van der Waals surface area contributed by atoms with E-state index in [1.165, 1.54) is 10.2 Å². The third-order valence-corrected chi connectivity index (χ3v) is 5.85. The first-order chi connectivity index (χ1) is 12.5. The minimum atomic E-state index is -0.197. The van der Waals surface area contributed by atoms with E-state index in [4.69, 9.17) is 4.74 Å². The highest BCUT2D eigenvalue weighted by molar-refractivity contribution is 9.10. The zero-order valence-electron chi connectivity index (χ0n) is 14.8. The van der Waals surface area contributed by atoms with Crippen LogP contribution in [0.5, 0.6) is 5.75 Å². The van der Waals surface area contributed by atoms with Gasteiger partial charge in [-0.1, -0.05) is 41.6 Å². The van der Waals surface area contributed by atoms with Gasteiger partial charge in [0.15, 0.2) is 6.61 Å². The Morgan fingerprint density at radius 1 is 1.12 bits per heavy atom. The normalized spacial score (nSPS) is 10.8. The lowest BCUT2D eigenvalue weighted by atomic mass is 10.2. The molecule has 6 heteroatoms. The zero-order valence-corrected chi connectivity index (χ0v) is 17.2. The fourth-order valence-electron chi connectivity index (χ4n) is 2.51. The Hall–Kier alpha value is -2.05. The predicted molar refractivity (Wildman–Crippen MR) is 107 cm³/mol. The summed E-state index contributed by atoms with van der Waals surface area (Å²) in [6.07, 6.45) is 0. The summed E-state index contributed by atoms with van der Waals surface area (Å²) >= 11 is 5.03. The number of rotatable bonds is 5. The van der Waals surface area contributed by atoms with Gasteiger partial charge in [0.2, 0.25) is 0 Å². The van der Waals surface area contributed by atoms with Crippen molar-refractivity contribution in [3.63, 3.8) is 0 Å². The lowest BCUT2D eigenvalue weighted by molar-refractivity contribution is 0.0817. The molecule has 0 aliphatic carbocycles. The summed E-state index contributed by atoms with van der Waals surface area (Å²) in [6.45, 7) is 5.82. The van der Waals surface area contributed by atoms with Crippen molar-refractivity contribution < 1.29 is 9.53 Å². The van der Waals surface area contributed by atoms with Crippen molar-refractivity contribution in [3.8, 4) is 5.75 Å². The van der Waals surface area contributed by atoms with E-state index in [1.54, 1.807) is 11.8 Å². The lowest BCUT2D eigenvalue weighted by Gasteiger charge is -2.08. The van der Waals surface area contributed by atoms with Crippen LogP contribution in [0.25, 0.3) is 0 Å². The second-order valence-electron chi connectivity index (χ2n) is 5.94. The number of halogens is 1. The summed E-state index contributed by atoms with van der Waals surface area (Å²) < 4.78 is 7.87. The smallest absolute Gasteiger partial charge is 0.285 e. The molecule has 0 aliphatic heterocycles. The van der Waals surface area contributed by atoms with Gasteiger partial charge in [-0.3, -0.25) is 4.79 Å². The fraction of sp³-hybridized carbons (Fsp3) is 0.200. The Kier molecular flexibility index (Phi) is 5.84. The standard InChI is InChI=1S/C20H19BrN2O2S/c1-13-8-10-16(11-9-13)26-20-14(2)22-23(15(20)3)19(24)12-25-18-7-5-4-6-17(18)21/h4-11H,12H2,1-3H3. The molecule has 0 saturated carbocycles. The van der Waals surface area contributed by atoms with Gasteiger partial charge >= 0.3 is 0 Å². The SMILES string of the molecule is Cc1ccc(Sc2c(C)nn(C(=O)COc3ccccc3Br)c2C)cc1. The van der Waals surface area contributed by atoms with Crippen molar-refractivity contribution in [2.24, 2.45) is 0 Å². The Bertz CT molecular complexity index is 935. The Morgan fingerprint density at radius 3 is 2.50 bits per heavy atom. The van der Waals surface area contributed by atoms with Crippen LogP contribution in [0.4, 0.5) is 0 Å². The van der Waals surface area contributed by atoms with E-state index >= 15 is 0 Å². The molecule has 0 saturated heterocycles. The molecule has 0 atom stereocenters. The van der Waals surface area contributed by atoms with E-state index in [9.17, 15) is 4.79 Å². The van der Waals surface area contributed by atoms with Crippen LogP contribution in [0.2, 0.25) is 0 Å². The summed E-state index contributed by atoms with van der Waals surface area (Å²) in [4.78, 5) is 14.7. The third-order valence-electron chi connectivity index (χ3n) is 3.89. The summed E-state index contributed by atoms with van der Waals surface area (Å²) in [6, 6.07) is 15.8. The van der Waals surface area contributed by atoms with Crippen LogP contribution >= 0.6 is 27.7 Å². The van der Waals surface area contributed by atoms with E-state index < -0.39 is 0 Å². The molecule has 2 aromatic carbocycles. The first kappa shape index (κ1) is 18.7. The second kappa shape index (κ2) is 8.10. The van der Waals surface area contributed by atoms with Crippen LogP contribution in [-0.4, -0.2) is 22.3 Å². The zero-order chi connectivity index (χ0) is 18.7. The number of nitrogens with zero attached hydrogens (tertiary/aromatic N) is 2. The van der Waals surface area contributed by atoms with E-state index in [0.29, 0.717) is 5.75 Å². The summed E-state index contributed by atoms with van der Waals surface area (Å²) in [7, 11) is 0. The van der Waals surface area contributed by atoms with Crippen molar-refractivity contribution in [2.75, 3.05) is 6.61 Å².